The Hall–Kier alpha value is -0.980. The predicted octanol–water partition coefficient (Wildman–Crippen LogP) is 3.50. The van der Waals surface area contributed by atoms with Crippen molar-refractivity contribution in [2.24, 2.45) is 45.3 Å². The highest BCUT2D eigenvalue weighted by atomic mass is 32.1. The minimum atomic E-state index is -0.580. The molecular formula is C23H37N3O2S. The topological polar surface area (TPSA) is 90.9 Å². The summed E-state index contributed by atoms with van der Waals surface area (Å²) in [4.78, 5) is 0. The summed E-state index contributed by atoms with van der Waals surface area (Å²) in [5, 5.41) is 26.5. The number of hydrazone groups is 1. The molecule has 29 heavy (non-hydrogen) atoms. The van der Waals surface area contributed by atoms with E-state index in [-0.39, 0.29) is 22.0 Å². The predicted molar refractivity (Wildman–Crippen MR) is 120 cm³/mol. The molecule has 6 heteroatoms. The fourth-order valence-corrected chi connectivity index (χ4v) is 7.93. The maximum absolute atomic E-state index is 12.1. The molecule has 0 aliphatic heterocycles. The molecule has 4 rings (SSSR count). The van der Waals surface area contributed by atoms with Gasteiger partial charge in [0.2, 0.25) is 0 Å². The number of aliphatic hydroxyl groups is 2. The SMILES string of the molecule is C[C@]12CC[C@H](O)C[C@H]1CC[C@@H]1[C@@H]2CC[C@]2(C)[C@@H](/C=C/C=N/NC(N)=S)CC[C@]12O. The van der Waals surface area contributed by atoms with Crippen LogP contribution in [0, 0.1) is 34.5 Å². The lowest BCUT2D eigenvalue weighted by atomic mass is 9.43. The number of nitrogens with one attached hydrogen (secondary N) is 1. The first-order chi connectivity index (χ1) is 13.7. The maximum Gasteiger partial charge on any atom is 0.184 e. The highest BCUT2D eigenvalue weighted by Gasteiger charge is 2.66. The highest BCUT2D eigenvalue weighted by molar-refractivity contribution is 7.80. The van der Waals surface area contributed by atoms with Crippen molar-refractivity contribution in [1.82, 2.24) is 5.43 Å². The first kappa shape index (κ1) is 21.3. The summed E-state index contributed by atoms with van der Waals surface area (Å²) in [5.74, 6) is 1.96. The lowest BCUT2D eigenvalue weighted by molar-refractivity contribution is -0.207. The van der Waals surface area contributed by atoms with Gasteiger partial charge in [-0.1, -0.05) is 19.9 Å². The Morgan fingerprint density at radius 2 is 1.90 bits per heavy atom. The van der Waals surface area contributed by atoms with E-state index in [2.05, 4.69) is 30.5 Å². The largest absolute Gasteiger partial charge is 0.393 e. The Kier molecular flexibility index (Phi) is 5.58. The molecule has 0 radical (unpaired) electrons. The van der Waals surface area contributed by atoms with Gasteiger partial charge < -0.3 is 15.9 Å². The Balaban J connectivity index is 1.53. The minimum absolute atomic E-state index is 0.0769. The fraction of sp³-hybridized carbons (Fsp3) is 0.826. The molecule has 5 N–H and O–H groups in total. The molecule has 162 valence electrons. The van der Waals surface area contributed by atoms with Crippen LogP contribution in [0.25, 0.3) is 0 Å². The summed E-state index contributed by atoms with van der Waals surface area (Å²) in [5.41, 5.74) is 7.59. The van der Waals surface area contributed by atoms with Crippen LogP contribution in [0.1, 0.15) is 71.6 Å². The van der Waals surface area contributed by atoms with Gasteiger partial charge in [-0.25, -0.2) is 0 Å². The van der Waals surface area contributed by atoms with Crippen molar-refractivity contribution in [3.05, 3.63) is 12.2 Å². The van der Waals surface area contributed by atoms with E-state index in [4.69, 9.17) is 18.0 Å². The number of fused-ring (bicyclic) bond motifs is 5. The van der Waals surface area contributed by atoms with E-state index in [0.717, 1.165) is 51.4 Å². The van der Waals surface area contributed by atoms with Gasteiger partial charge in [0.15, 0.2) is 5.11 Å². The third-order valence-electron chi connectivity index (χ3n) is 9.58. The number of hydrogen-bond donors (Lipinski definition) is 4. The fourth-order valence-electron chi connectivity index (χ4n) is 7.88. The van der Waals surface area contributed by atoms with E-state index < -0.39 is 5.60 Å². The molecule has 4 fully saturated rings. The molecule has 0 unspecified atom stereocenters. The van der Waals surface area contributed by atoms with Crippen molar-refractivity contribution in [2.45, 2.75) is 83.3 Å². The van der Waals surface area contributed by atoms with E-state index in [0.29, 0.717) is 23.7 Å². The molecule has 8 atom stereocenters. The zero-order valence-electron chi connectivity index (χ0n) is 17.8. The van der Waals surface area contributed by atoms with Gasteiger partial charge in [0.05, 0.1) is 11.7 Å². The number of nitrogens with two attached hydrogens (primary N) is 1. The van der Waals surface area contributed by atoms with Crippen LogP contribution in [-0.4, -0.2) is 33.2 Å². The van der Waals surface area contributed by atoms with E-state index in [1.807, 2.05) is 6.08 Å². The Labute approximate surface area is 180 Å². The molecule has 0 spiro atoms. The molecule has 0 aromatic carbocycles. The first-order valence-electron chi connectivity index (χ1n) is 11.4. The highest BCUT2D eigenvalue weighted by Crippen LogP contribution is 2.69. The van der Waals surface area contributed by atoms with Gasteiger partial charge in [0, 0.05) is 11.6 Å². The maximum atomic E-state index is 12.1. The first-order valence-corrected chi connectivity index (χ1v) is 11.8. The van der Waals surface area contributed by atoms with Crippen molar-refractivity contribution >= 4 is 23.5 Å². The van der Waals surface area contributed by atoms with Gasteiger partial charge in [0.1, 0.15) is 0 Å². The van der Waals surface area contributed by atoms with Crippen LogP contribution >= 0.6 is 12.2 Å². The van der Waals surface area contributed by atoms with Gasteiger partial charge >= 0.3 is 0 Å². The molecule has 0 aromatic heterocycles. The molecule has 0 bridgehead atoms. The normalized spacial score (nSPS) is 49.6. The van der Waals surface area contributed by atoms with Crippen molar-refractivity contribution in [3.63, 3.8) is 0 Å². The van der Waals surface area contributed by atoms with E-state index in [1.54, 1.807) is 6.21 Å². The van der Waals surface area contributed by atoms with Crippen LogP contribution in [0.5, 0.6) is 0 Å². The van der Waals surface area contributed by atoms with Gasteiger partial charge in [-0.2, -0.15) is 5.10 Å². The van der Waals surface area contributed by atoms with Gasteiger partial charge in [-0.05, 0) is 105 Å². The van der Waals surface area contributed by atoms with Crippen LogP contribution in [0.15, 0.2) is 17.3 Å². The average molecular weight is 420 g/mol. The van der Waals surface area contributed by atoms with Gasteiger partial charge in [-0.3, -0.25) is 5.43 Å². The van der Waals surface area contributed by atoms with Crippen LogP contribution in [0.2, 0.25) is 0 Å². The summed E-state index contributed by atoms with van der Waals surface area (Å²) >= 11 is 4.75. The van der Waals surface area contributed by atoms with Crippen molar-refractivity contribution in [3.8, 4) is 0 Å². The molecule has 4 aliphatic carbocycles. The lowest BCUT2D eigenvalue weighted by Crippen LogP contribution is -2.62. The minimum Gasteiger partial charge on any atom is -0.393 e. The molecule has 0 aromatic rings. The van der Waals surface area contributed by atoms with Crippen molar-refractivity contribution in [2.75, 3.05) is 0 Å². The smallest absolute Gasteiger partial charge is 0.184 e. The standard InChI is InChI=1S/C23H37N3O2S/c1-21-10-8-17(27)14-16(21)5-6-19-18(21)9-11-22(2)15(7-12-23(19,22)28)4-3-13-25-26-20(24)29/h3-4,13,15-19,27-28H,5-12,14H2,1-2H3,(H3,24,26,29)/b4-3+,25-13+/t15-,16+,17-,18-,19+,21-,22+,23-/m0/s1. The van der Waals surface area contributed by atoms with Crippen LogP contribution in [-0.2, 0) is 0 Å². The second-order valence-electron chi connectivity index (χ2n) is 10.6. The van der Waals surface area contributed by atoms with Crippen LogP contribution in [0.3, 0.4) is 0 Å². The second-order valence-corrected chi connectivity index (χ2v) is 11.0. The summed E-state index contributed by atoms with van der Waals surface area (Å²) in [6.45, 7) is 4.78. The molecule has 5 nitrogen and oxygen atoms in total. The van der Waals surface area contributed by atoms with Gasteiger partial charge in [-0.15, -0.1) is 0 Å². The zero-order valence-corrected chi connectivity index (χ0v) is 18.6. The Morgan fingerprint density at radius 1 is 1.10 bits per heavy atom. The zero-order chi connectivity index (χ0) is 20.9. The van der Waals surface area contributed by atoms with Crippen molar-refractivity contribution < 1.29 is 10.2 Å². The quantitative estimate of drug-likeness (QED) is 0.319. The van der Waals surface area contributed by atoms with Gasteiger partial charge in [0.25, 0.3) is 0 Å². The summed E-state index contributed by atoms with van der Waals surface area (Å²) < 4.78 is 0. The molecular weight excluding hydrogens is 382 g/mol. The molecule has 0 heterocycles. The number of nitrogens with zero attached hydrogens (tertiary/aromatic N) is 1. The lowest BCUT2D eigenvalue weighted by Gasteiger charge is -2.63. The molecule has 4 saturated carbocycles. The average Bonchev–Trinajstić information content (AvgIpc) is 2.93. The van der Waals surface area contributed by atoms with E-state index in [9.17, 15) is 10.2 Å². The number of thiocarbonyl (C=S) groups is 1. The summed E-state index contributed by atoms with van der Waals surface area (Å²) in [7, 11) is 0. The van der Waals surface area contributed by atoms with Crippen LogP contribution < -0.4 is 11.2 Å². The number of rotatable bonds is 3. The number of hydrogen-bond acceptors (Lipinski definition) is 4. The third-order valence-corrected chi connectivity index (χ3v) is 9.67. The number of aliphatic hydroxyl groups excluding tert-OH is 1. The molecule has 0 saturated heterocycles. The Bertz CT molecular complexity index is 712. The van der Waals surface area contributed by atoms with E-state index in [1.165, 1.54) is 6.42 Å². The summed E-state index contributed by atoms with van der Waals surface area (Å²) in [6.07, 6.45) is 15.2. The summed E-state index contributed by atoms with van der Waals surface area (Å²) in [6, 6.07) is 0. The van der Waals surface area contributed by atoms with Crippen molar-refractivity contribution in [1.29, 1.82) is 0 Å². The van der Waals surface area contributed by atoms with E-state index >= 15 is 0 Å². The second kappa shape index (κ2) is 7.61. The monoisotopic (exact) mass is 419 g/mol. The number of allylic oxidation sites excluding steroid dienone is 2. The molecule has 4 aliphatic rings. The van der Waals surface area contributed by atoms with Crippen LogP contribution in [0.4, 0.5) is 0 Å². The third kappa shape index (κ3) is 3.35. The molecule has 0 amide bonds. The Morgan fingerprint density at radius 3 is 2.66 bits per heavy atom.